The summed E-state index contributed by atoms with van der Waals surface area (Å²) in [6.07, 6.45) is 7.75. The van der Waals surface area contributed by atoms with Crippen molar-refractivity contribution in [2.24, 2.45) is 0 Å². The molecule has 0 bridgehead atoms. The van der Waals surface area contributed by atoms with Gasteiger partial charge < -0.3 is 25.0 Å². The molecule has 1 atom stereocenters. The number of carbonyl (C=O) groups excluding carboxylic acids is 2. The van der Waals surface area contributed by atoms with Gasteiger partial charge in [0.1, 0.15) is 36.3 Å². The molecule has 2 N–H and O–H groups in total. The number of methoxy groups -OCH3 is 1. The third kappa shape index (κ3) is 5.71. The Balaban J connectivity index is 1.38. The molecule has 0 saturated carbocycles. The Morgan fingerprint density at radius 3 is 2.77 bits per heavy atom. The molecule has 0 spiro atoms. The molecule has 0 radical (unpaired) electrons. The monoisotopic (exact) mass is 556 g/mol. The number of anilines is 3. The van der Waals surface area contributed by atoms with Crippen molar-refractivity contribution >= 4 is 51.5 Å². The number of pyridine rings is 1. The molecule has 0 saturated heterocycles. The second-order valence-corrected chi connectivity index (χ2v) is 9.14. The number of hydrogen-bond donors (Lipinski definition) is 2. The molecule has 3 heterocycles. The van der Waals surface area contributed by atoms with Crippen LogP contribution in [0.25, 0.3) is 10.9 Å². The maximum Gasteiger partial charge on any atom is 0.251 e. The fraction of sp³-hybridized carbons (Fsp3) is 0.138. The number of nitrogens with zero attached hydrogens (tertiary/aromatic N) is 4. The molecular weight excluding hydrogens is 532 g/mol. The van der Waals surface area contributed by atoms with Gasteiger partial charge in [-0.1, -0.05) is 36.4 Å². The zero-order valence-corrected chi connectivity index (χ0v) is 22.3. The largest absolute Gasteiger partial charge is 0.494 e. The summed E-state index contributed by atoms with van der Waals surface area (Å²) in [5.41, 5.74) is 2.46. The summed E-state index contributed by atoms with van der Waals surface area (Å²) in [7, 11) is 1.50. The van der Waals surface area contributed by atoms with Crippen LogP contribution in [0, 0.1) is 0 Å². The van der Waals surface area contributed by atoms with Gasteiger partial charge in [-0.25, -0.2) is 9.97 Å². The first-order valence-corrected chi connectivity index (χ1v) is 12.7. The highest BCUT2D eigenvalue weighted by Gasteiger charge is 2.29. The Hall–Kier alpha value is -4.96. The van der Waals surface area contributed by atoms with E-state index < -0.39 is 6.04 Å². The lowest BCUT2D eigenvalue weighted by molar-refractivity contribution is -0.131. The molecule has 40 heavy (non-hydrogen) atoms. The predicted molar refractivity (Wildman–Crippen MR) is 153 cm³/mol. The zero-order valence-electron chi connectivity index (χ0n) is 21.5. The van der Waals surface area contributed by atoms with Crippen LogP contribution in [-0.4, -0.2) is 51.4 Å². The van der Waals surface area contributed by atoms with Gasteiger partial charge in [-0.15, -0.1) is 0 Å². The van der Waals surface area contributed by atoms with E-state index in [-0.39, 0.29) is 18.4 Å². The van der Waals surface area contributed by atoms with E-state index in [0.29, 0.717) is 51.2 Å². The first-order chi connectivity index (χ1) is 19.5. The molecule has 10 nitrogen and oxygen atoms in total. The molecular formula is C29H25ClN6O4. The topological polar surface area (TPSA) is 119 Å². The van der Waals surface area contributed by atoms with Crippen LogP contribution in [0.15, 0.2) is 85.9 Å². The van der Waals surface area contributed by atoms with Crippen molar-refractivity contribution in [3.63, 3.8) is 0 Å². The van der Waals surface area contributed by atoms with Crippen molar-refractivity contribution in [2.75, 3.05) is 24.3 Å². The fourth-order valence-electron chi connectivity index (χ4n) is 4.22. The van der Waals surface area contributed by atoms with Crippen LogP contribution in [0.4, 0.5) is 17.2 Å². The summed E-state index contributed by atoms with van der Waals surface area (Å²) in [6, 6.07) is 13.6. The van der Waals surface area contributed by atoms with Crippen molar-refractivity contribution in [3.8, 4) is 11.5 Å². The molecule has 0 unspecified atom stereocenters. The molecule has 1 aliphatic rings. The van der Waals surface area contributed by atoms with Crippen LogP contribution in [0.1, 0.15) is 5.69 Å². The number of carbonyl (C=O) groups is 2. The van der Waals surface area contributed by atoms with Crippen LogP contribution in [0.3, 0.4) is 0 Å². The van der Waals surface area contributed by atoms with Crippen molar-refractivity contribution in [1.29, 1.82) is 0 Å². The fourth-order valence-corrected chi connectivity index (χ4v) is 4.45. The maximum absolute atomic E-state index is 13.1. The first kappa shape index (κ1) is 26.6. The molecule has 4 aromatic rings. The van der Waals surface area contributed by atoms with Crippen LogP contribution < -0.4 is 20.1 Å². The number of hydrogen-bond acceptors (Lipinski definition) is 8. The molecule has 0 aliphatic carbocycles. The summed E-state index contributed by atoms with van der Waals surface area (Å²) in [6.45, 7) is 4.13. The van der Waals surface area contributed by atoms with Crippen LogP contribution in [-0.2, 0) is 16.2 Å². The summed E-state index contributed by atoms with van der Waals surface area (Å²) in [5.74, 6) is 0.700. The average molecular weight is 557 g/mol. The van der Waals surface area contributed by atoms with Crippen LogP contribution in [0.5, 0.6) is 11.5 Å². The van der Waals surface area contributed by atoms with E-state index in [4.69, 9.17) is 21.1 Å². The number of benzene rings is 2. The van der Waals surface area contributed by atoms with Crippen molar-refractivity contribution < 1.29 is 19.1 Å². The second-order valence-electron chi connectivity index (χ2n) is 8.73. The number of aromatic nitrogens is 3. The molecule has 5 rings (SSSR count). The lowest BCUT2D eigenvalue weighted by Gasteiger charge is -2.23. The molecule has 1 aliphatic heterocycles. The van der Waals surface area contributed by atoms with Gasteiger partial charge in [0.2, 0.25) is 5.91 Å². The van der Waals surface area contributed by atoms with Gasteiger partial charge in [-0.3, -0.25) is 14.6 Å². The zero-order chi connectivity index (χ0) is 28.1. The van der Waals surface area contributed by atoms with E-state index >= 15 is 0 Å². The molecule has 11 heteroatoms. The predicted octanol–water partition coefficient (Wildman–Crippen LogP) is 4.90. The molecule has 0 fully saturated rings. The minimum absolute atomic E-state index is 0.288. The third-order valence-electron chi connectivity index (χ3n) is 6.19. The van der Waals surface area contributed by atoms with E-state index in [1.54, 1.807) is 42.6 Å². The normalized spacial score (nSPS) is 14.2. The quantitative estimate of drug-likeness (QED) is 0.221. The van der Waals surface area contributed by atoms with E-state index in [1.807, 2.05) is 24.3 Å². The highest BCUT2D eigenvalue weighted by molar-refractivity contribution is 6.32. The van der Waals surface area contributed by atoms with Gasteiger partial charge in [0.25, 0.3) is 5.91 Å². The number of amides is 2. The number of fused-ring (bicyclic) bond motifs is 1. The molecule has 2 amide bonds. The Kier molecular flexibility index (Phi) is 7.88. The lowest BCUT2D eigenvalue weighted by atomic mass is 10.1. The Labute approximate surface area is 235 Å². The minimum Gasteiger partial charge on any atom is -0.494 e. The number of nitrogens with one attached hydrogen (secondary N) is 2. The minimum atomic E-state index is -0.768. The Bertz CT molecular complexity index is 1610. The summed E-state index contributed by atoms with van der Waals surface area (Å²) in [5, 5.41) is 7.17. The van der Waals surface area contributed by atoms with Gasteiger partial charge in [-0.2, -0.15) is 0 Å². The summed E-state index contributed by atoms with van der Waals surface area (Å²) < 4.78 is 11.3. The SMILES string of the molecule is C=CC(=O)N1CC=C[C@H]1C(=O)Nc1cc2c(Nc3ccc(OCc4ccccn4)c(Cl)c3)ncnc2cc1OC. The standard InChI is InChI=1S/C29H25ClN6O4/c1-3-27(37)36-12-6-8-24(36)29(38)35-23-14-20-22(15-26(23)39-2)32-17-33-28(20)34-18-9-10-25(21(30)13-18)40-16-19-7-4-5-11-31-19/h3-11,13-15,17,24H,1,12,16H2,2H3,(H,35,38)(H,32,33,34)/t24-/m0/s1. The van der Waals surface area contributed by atoms with E-state index in [9.17, 15) is 9.59 Å². The lowest BCUT2D eigenvalue weighted by Crippen LogP contribution is -2.42. The number of halogens is 1. The average Bonchev–Trinajstić information content (AvgIpc) is 3.47. The van der Waals surface area contributed by atoms with Crippen LogP contribution >= 0.6 is 11.6 Å². The number of ether oxygens (including phenoxy) is 2. The van der Waals surface area contributed by atoms with Gasteiger partial charge in [0.05, 0.1) is 29.0 Å². The Morgan fingerprint density at radius 1 is 1.15 bits per heavy atom. The third-order valence-corrected chi connectivity index (χ3v) is 6.49. The summed E-state index contributed by atoms with van der Waals surface area (Å²) >= 11 is 6.49. The summed E-state index contributed by atoms with van der Waals surface area (Å²) in [4.78, 5) is 39.7. The smallest absolute Gasteiger partial charge is 0.251 e. The van der Waals surface area contributed by atoms with Crippen LogP contribution in [0.2, 0.25) is 5.02 Å². The highest BCUT2D eigenvalue weighted by Crippen LogP contribution is 2.35. The highest BCUT2D eigenvalue weighted by atomic mass is 35.5. The second kappa shape index (κ2) is 11.8. The number of rotatable bonds is 9. The van der Waals surface area contributed by atoms with Gasteiger partial charge in [-0.05, 0) is 42.5 Å². The Morgan fingerprint density at radius 2 is 2.02 bits per heavy atom. The van der Waals surface area contributed by atoms with Crippen molar-refractivity contribution in [3.05, 3.63) is 96.6 Å². The van der Waals surface area contributed by atoms with Crippen molar-refractivity contribution in [1.82, 2.24) is 19.9 Å². The maximum atomic E-state index is 13.1. The molecule has 2 aromatic carbocycles. The molecule has 2 aromatic heterocycles. The van der Waals surface area contributed by atoms with Gasteiger partial charge in [0, 0.05) is 29.9 Å². The van der Waals surface area contributed by atoms with E-state index in [2.05, 4.69) is 32.2 Å². The van der Waals surface area contributed by atoms with E-state index in [1.165, 1.54) is 24.4 Å². The van der Waals surface area contributed by atoms with Crippen molar-refractivity contribution in [2.45, 2.75) is 12.6 Å². The molecule has 202 valence electrons. The van der Waals surface area contributed by atoms with Gasteiger partial charge >= 0.3 is 0 Å². The van der Waals surface area contributed by atoms with E-state index in [0.717, 1.165) is 5.69 Å². The van der Waals surface area contributed by atoms with Gasteiger partial charge in [0.15, 0.2) is 0 Å². The first-order valence-electron chi connectivity index (χ1n) is 12.3.